The van der Waals surface area contributed by atoms with Crippen LogP contribution < -0.4 is 0 Å². The summed E-state index contributed by atoms with van der Waals surface area (Å²) in [6, 6.07) is 0. The van der Waals surface area contributed by atoms with E-state index in [9.17, 15) is 19.2 Å². The van der Waals surface area contributed by atoms with E-state index in [0.717, 1.165) is 109 Å². The Morgan fingerprint density at radius 2 is 0.980 bits per heavy atom. The van der Waals surface area contributed by atoms with Gasteiger partial charge >= 0.3 is 23.9 Å². The molecule has 298 valence electrons. The fraction of sp³-hybridized carbons (Fsp3) is 0.907. The van der Waals surface area contributed by atoms with E-state index in [1.165, 1.54) is 0 Å². The summed E-state index contributed by atoms with van der Waals surface area (Å²) in [5.74, 6) is 0.824. The lowest BCUT2D eigenvalue weighted by Gasteiger charge is -2.33. The maximum atomic E-state index is 12.8. The average molecular weight is 723 g/mol. The fourth-order valence-corrected chi connectivity index (χ4v) is 9.63. The molecule has 6 rings (SSSR count). The van der Waals surface area contributed by atoms with Crippen LogP contribution >= 0.6 is 0 Å². The molecule has 0 heterocycles. The van der Waals surface area contributed by atoms with E-state index in [1.807, 2.05) is 27.7 Å². The SMILES string of the molecule is C.C.C.C.CCC(C)C(=O)OC1CC2CC(C(=O)OC3(C)CCCC3)C1C2.CCC(C)C(=O)OC1CC2CC(C(=O)OC3(CC)CCCC3)C1C2. The summed E-state index contributed by atoms with van der Waals surface area (Å²) in [5, 5.41) is 0. The quantitative estimate of drug-likeness (QED) is 0.153. The van der Waals surface area contributed by atoms with Gasteiger partial charge < -0.3 is 18.9 Å². The van der Waals surface area contributed by atoms with Crippen molar-refractivity contribution in [1.29, 1.82) is 0 Å². The number of rotatable bonds is 11. The largest absolute Gasteiger partial charge is 0.462 e. The highest BCUT2D eigenvalue weighted by Gasteiger charge is 2.54. The first-order valence-electron chi connectivity index (χ1n) is 19.3. The van der Waals surface area contributed by atoms with E-state index in [4.69, 9.17) is 18.9 Å². The molecule has 10 unspecified atom stereocenters. The highest BCUT2D eigenvalue weighted by atomic mass is 16.6. The van der Waals surface area contributed by atoms with Gasteiger partial charge in [0, 0.05) is 11.8 Å². The molecular weight excluding hydrogens is 644 g/mol. The molecule has 4 bridgehead atoms. The van der Waals surface area contributed by atoms with Crippen LogP contribution in [-0.2, 0) is 38.1 Å². The molecule has 0 aromatic heterocycles. The Labute approximate surface area is 312 Å². The summed E-state index contributed by atoms with van der Waals surface area (Å²) in [7, 11) is 0. The smallest absolute Gasteiger partial charge is 0.309 e. The monoisotopic (exact) mass is 723 g/mol. The molecule has 0 N–H and O–H groups in total. The minimum absolute atomic E-state index is 0. The first kappa shape index (κ1) is 46.9. The predicted molar refractivity (Wildman–Crippen MR) is 205 cm³/mol. The fourth-order valence-electron chi connectivity index (χ4n) is 9.63. The normalized spacial score (nSPS) is 32.7. The van der Waals surface area contributed by atoms with E-state index < -0.39 is 0 Å². The van der Waals surface area contributed by atoms with Crippen LogP contribution in [0.2, 0.25) is 0 Å². The zero-order valence-corrected chi connectivity index (χ0v) is 30.1. The van der Waals surface area contributed by atoms with Gasteiger partial charge in [0.2, 0.25) is 0 Å². The van der Waals surface area contributed by atoms with Crippen molar-refractivity contribution in [1.82, 2.24) is 0 Å². The van der Waals surface area contributed by atoms with Crippen molar-refractivity contribution in [3.8, 4) is 0 Å². The molecule has 0 radical (unpaired) electrons. The van der Waals surface area contributed by atoms with Gasteiger partial charge in [0.1, 0.15) is 23.4 Å². The number of carbonyl (C=O) groups excluding carboxylic acids is 4. The van der Waals surface area contributed by atoms with Gasteiger partial charge in [-0.1, -0.05) is 64.3 Å². The Kier molecular flexibility index (Phi) is 18.2. The minimum atomic E-state index is -0.262. The van der Waals surface area contributed by atoms with E-state index in [-0.39, 0.29) is 113 Å². The summed E-state index contributed by atoms with van der Waals surface area (Å²) in [6.07, 6.45) is 16.6. The highest BCUT2D eigenvalue weighted by molar-refractivity contribution is 5.76. The number of carbonyl (C=O) groups is 4. The topological polar surface area (TPSA) is 105 Å². The van der Waals surface area contributed by atoms with Gasteiger partial charge in [-0.15, -0.1) is 0 Å². The molecule has 8 nitrogen and oxygen atoms in total. The Hall–Kier alpha value is -2.12. The average Bonchev–Trinajstić information content (AvgIpc) is 3.91. The second-order valence-electron chi connectivity index (χ2n) is 16.5. The van der Waals surface area contributed by atoms with Gasteiger partial charge in [-0.25, -0.2) is 0 Å². The van der Waals surface area contributed by atoms with Crippen LogP contribution in [0.15, 0.2) is 0 Å². The maximum absolute atomic E-state index is 12.8. The Balaban J connectivity index is 0.000000473. The second-order valence-corrected chi connectivity index (χ2v) is 16.5. The van der Waals surface area contributed by atoms with Crippen molar-refractivity contribution in [3.05, 3.63) is 0 Å². The summed E-state index contributed by atoms with van der Waals surface area (Å²) in [6.45, 7) is 12.0. The molecule has 8 heteroatoms. The van der Waals surface area contributed by atoms with Crippen LogP contribution in [-0.4, -0.2) is 47.3 Å². The molecule has 0 amide bonds. The van der Waals surface area contributed by atoms with Gasteiger partial charge in [-0.3, -0.25) is 19.2 Å². The zero-order chi connectivity index (χ0) is 33.9. The van der Waals surface area contributed by atoms with E-state index in [0.29, 0.717) is 11.8 Å². The standard InChI is InChI=1S/C20H32O4.C19H30O4.4CH4/c1-4-13(3)18(21)23-17-12-14-10-15(17)16(11-14)19(22)24-20(5-2)8-6-7-9-20;1-4-12(2)17(20)22-16-11-13-9-14(16)15(10-13)18(21)23-19(3)7-5-6-8-19;;;;/h13-17H,4-12H2,1-3H3;12-16H,4-11H2,1-3H3;4*1H4. The Morgan fingerprint density at radius 1 is 0.588 bits per heavy atom. The molecule has 0 spiro atoms. The molecule has 0 aliphatic heterocycles. The van der Waals surface area contributed by atoms with Crippen molar-refractivity contribution in [2.75, 3.05) is 0 Å². The molecular formula is C43H78O8. The van der Waals surface area contributed by atoms with Crippen molar-refractivity contribution >= 4 is 23.9 Å². The predicted octanol–water partition coefficient (Wildman–Crippen LogP) is 10.7. The van der Waals surface area contributed by atoms with Gasteiger partial charge in [0.05, 0.1) is 23.7 Å². The number of ether oxygens (including phenoxy) is 4. The third kappa shape index (κ3) is 10.7. The lowest BCUT2D eigenvalue weighted by Crippen LogP contribution is -2.39. The van der Waals surface area contributed by atoms with Gasteiger partial charge in [-0.05, 0) is 128 Å². The summed E-state index contributed by atoms with van der Waals surface area (Å²) < 4.78 is 23.4. The van der Waals surface area contributed by atoms with Crippen LogP contribution in [0.25, 0.3) is 0 Å². The molecule has 51 heavy (non-hydrogen) atoms. The van der Waals surface area contributed by atoms with Gasteiger partial charge in [0.15, 0.2) is 0 Å². The number of hydrogen-bond donors (Lipinski definition) is 0. The Morgan fingerprint density at radius 3 is 1.35 bits per heavy atom. The molecule has 6 saturated carbocycles. The molecule has 0 aromatic carbocycles. The summed E-state index contributed by atoms with van der Waals surface area (Å²) >= 11 is 0. The second kappa shape index (κ2) is 19.8. The van der Waals surface area contributed by atoms with Gasteiger partial charge in [-0.2, -0.15) is 0 Å². The first-order chi connectivity index (χ1) is 22.4. The van der Waals surface area contributed by atoms with Crippen molar-refractivity contribution in [2.24, 2.45) is 47.3 Å². The summed E-state index contributed by atoms with van der Waals surface area (Å²) in [5.41, 5.74) is -0.483. The van der Waals surface area contributed by atoms with Crippen molar-refractivity contribution in [3.63, 3.8) is 0 Å². The van der Waals surface area contributed by atoms with Crippen LogP contribution in [0, 0.1) is 47.3 Å². The third-order valence-corrected chi connectivity index (χ3v) is 13.2. The first-order valence-corrected chi connectivity index (χ1v) is 19.3. The van der Waals surface area contributed by atoms with Crippen LogP contribution in [0.1, 0.15) is 180 Å². The lowest BCUT2D eigenvalue weighted by molar-refractivity contribution is -0.173. The Bertz CT molecular complexity index is 1120. The van der Waals surface area contributed by atoms with Crippen molar-refractivity contribution in [2.45, 2.75) is 204 Å². The van der Waals surface area contributed by atoms with Gasteiger partial charge in [0.25, 0.3) is 0 Å². The molecule has 0 saturated heterocycles. The third-order valence-electron chi connectivity index (χ3n) is 13.2. The molecule has 6 aliphatic rings. The molecule has 6 aliphatic carbocycles. The highest BCUT2D eigenvalue weighted by Crippen LogP contribution is 2.52. The molecule has 0 aromatic rings. The van der Waals surface area contributed by atoms with Crippen LogP contribution in [0.4, 0.5) is 0 Å². The summed E-state index contributed by atoms with van der Waals surface area (Å²) in [4.78, 5) is 49.7. The number of fused-ring (bicyclic) bond motifs is 4. The van der Waals surface area contributed by atoms with E-state index >= 15 is 0 Å². The zero-order valence-electron chi connectivity index (χ0n) is 30.1. The van der Waals surface area contributed by atoms with Crippen LogP contribution in [0.5, 0.6) is 0 Å². The number of esters is 4. The number of hydrogen-bond acceptors (Lipinski definition) is 8. The maximum Gasteiger partial charge on any atom is 0.309 e. The molecule has 6 fully saturated rings. The van der Waals surface area contributed by atoms with E-state index in [2.05, 4.69) is 13.8 Å². The lowest BCUT2D eigenvalue weighted by atomic mass is 9.86. The van der Waals surface area contributed by atoms with Crippen molar-refractivity contribution < 1.29 is 38.1 Å². The minimum Gasteiger partial charge on any atom is -0.462 e. The van der Waals surface area contributed by atoms with Crippen LogP contribution in [0.3, 0.4) is 0 Å². The van der Waals surface area contributed by atoms with E-state index in [1.54, 1.807) is 0 Å². The molecule has 10 atom stereocenters.